The maximum atomic E-state index is 13.3. The van der Waals surface area contributed by atoms with Gasteiger partial charge in [-0.05, 0) is 0 Å². The lowest BCUT2D eigenvalue weighted by atomic mass is 9.88. The molecule has 2 bridgehead atoms. The number of aliphatic hydroxyl groups excluding tert-OH is 4. The molecule has 2 heterocycles. The Labute approximate surface area is 71.7 Å². The summed E-state index contributed by atoms with van der Waals surface area (Å²) in [6.07, 6.45) is -7.77. The molecule has 5 nitrogen and oxygen atoms in total. The van der Waals surface area contributed by atoms with Crippen LogP contribution in [0.3, 0.4) is 0 Å². The van der Waals surface area contributed by atoms with Crippen molar-refractivity contribution in [1.82, 2.24) is 0 Å². The second kappa shape index (κ2) is 2.82. The molecule has 0 spiro atoms. The van der Waals surface area contributed by atoms with Crippen molar-refractivity contribution in [3.8, 4) is 0 Å². The van der Waals surface area contributed by atoms with Gasteiger partial charge in [-0.15, -0.1) is 0 Å². The van der Waals surface area contributed by atoms with Gasteiger partial charge in [0.2, 0.25) is 0 Å². The third kappa shape index (κ3) is 1.02. The van der Waals surface area contributed by atoms with Crippen LogP contribution in [0.25, 0.3) is 0 Å². The van der Waals surface area contributed by atoms with E-state index in [1.807, 2.05) is 0 Å². The molecule has 0 aromatic heterocycles. The molecule has 7 heteroatoms. The third-order valence-corrected chi connectivity index (χ3v) is 2.44. The molecule has 78 valence electrons. The Kier molecular flexibility index (Phi) is 2.33. The number of fused-ring (bicyclic) bond motifs is 2. The smallest absolute Gasteiger partial charge is 0.267 e. The summed E-state index contributed by atoms with van der Waals surface area (Å²) in [5.41, 5.74) is 0. The molecule has 0 radical (unpaired) electrons. The van der Waals surface area contributed by atoms with E-state index >= 15 is 0 Å². The fourth-order valence-electron chi connectivity index (χ4n) is 1.69. The molecule has 0 aromatic rings. The van der Waals surface area contributed by atoms with Crippen LogP contribution in [0.15, 0.2) is 0 Å². The summed E-state index contributed by atoms with van der Waals surface area (Å²) >= 11 is 0. The summed E-state index contributed by atoms with van der Waals surface area (Å²) in [4.78, 5) is 0. The molecule has 2 saturated heterocycles. The van der Waals surface area contributed by atoms with Crippen LogP contribution in [0.4, 0.5) is 9.09 Å². The Morgan fingerprint density at radius 2 is 1.38 bits per heavy atom. The highest BCUT2D eigenvalue weighted by Gasteiger charge is 2.69. The van der Waals surface area contributed by atoms with E-state index in [4.69, 9.17) is 20.4 Å². The predicted octanol–water partition coefficient (Wildman–Crippen LogP) is -2.34. The molecule has 0 unspecified atom stereocenters. The highest BCUT2D eigenvalue weighted by atomic mass is 19.2. The van der Waals surface area contributed by atoms with Gasteiger partial charge < -0.3 is 25.2 Å². The van der Waals surface area contributed by atoms with E-state index in [9.17, 15) is 4.39 Å². The summed E-state index contributed by atoms with van der Waals surface area (Å²) in [7, 11) is 0. The molecule has 4 N–H and O–H groups in total. The van der Waals surface area contributed by atoms with E-state index in [1.165, 1.54) is 0 Å². The topological polar surface area (TPSA) is 90.2 Å². The molecule has 13 heavy (non-hydrogen) atoms. The van der Waals surface area contributed by atoms with Crippen LogP contribution >= 0.6 is 0 Å². The van der Waals surface area contributed by atoms with Crippen molar-refractivity contribution in [2.45, 2.75) is 36.4 Å². The van der Waals surface area contributed by atoms with Crippen molar-refractivity contribution >= 4 is 0 Å². The van der Waals surface area contributed by atoms with Crippen molar-refractivity contribution < 1.29 is 34.3 Å². The van der Waals surface area contributed by atoms with Gasteiger partial charge in [0, 0.05) is 0 Å². The number of hydrogen-bond acceptors (Lipinski definition) is 5. The second-order valence-electron chi connectivity index (χ2n) is 3.15. The number of ether oxygens (including phenoxy) is 1. The molecule has 2 rings (SSSR count). The van der Waals surface area contributed by atoms with Crippen LogP contribution < -0.4 is 0 Å². The van der Waals surface area contributed by atoms with E-state index in [2.05, 4.69) is 4.74 Å². The molecule has 2 fully saturated rings. The van der Waals surface area contributed by atoms with Crippen LogP contribution in [0.5, 0.6) is 0 Å². The first-order valence-electron chi connectivity index (χ1n) is 3.57. The largest absolute Gasteiger partial charge is 0.387 e. The standard InChI is InChI=1S/C6H9FO5.FH/c7-6-4(10)1(8)3(12-6)2(9)5(6)11;/h1-5,8-11H;1H/t1-,2-,3?,4+,5+,6?;/m1./s1. The molecule has 0 aliphatic carbocycles. The monoisotopic (exact) mass is 200 g/mol. The lowest BCUT2D eigenvalue weighted by Crippen LogP contribution is -2.57. The number of alkyl halides is 1. The van der Waals surface area contributed by atoms with Gasteiger partial charge >= 0.3 is 0 Å². The Morgan fingerprint density at radius 3 is 1.62 bits per heavy atom. The average Bonchev–Trinajstić information content (AvgIpc) is 2.39. The molecule has 2 aliphatic heterocycles. The van der Waals surface area contributed by atoms with Gasteiger partial charge in [0.1, 0.15) is 30.5 Å². The minimum absolute atomic E-state index is 0. The van der Waals surface area contributed by atoms with Gasteiger partial charge in [0.05, 0.1) is 0 Å². The first-order valence-corrected chi connectivity index (χ1v) is 3.57. The summed E-state index contributed by atoms with van der Waals surface area (Å²) in [6, 6.07) is 0. The Bertz CT molecular complexity index is 197. The SMILES string of the molecule is F.O[C@@H]1C2OC(F)([C@H]1O)[C@@H](O)[C@@H]2O. The maximum Gasteiger partial charge on any atom is 0.267 e. The molecule has 0 amide bonds. The van der Waals surface area contributed by atoms with Gasteiger partial charge in [-0.2, -0.15) is 0 Å². The van der Waals surface area contributed by atoms with Crippen LogP contribution in [0.1, 0.15) is 0 Å². The maximum absolute atomic E-state index is 13.3. The molecule has 4 atom stereocenters. The summed E-state index contributed by atoms with van der Waals surface area (Å²) in [6.45, 7) is 0. The number of halogens is 2. The number of aliphatic hydroxyl groups is 4. The predicted molar refractivity (Wildman–Crippen MR) is 35.2 cm³/mol. The molecular weight excluding hydrogens is 190 g/mol. The Morgan fingerprint density at radius 1 is 1.00 bits per heavy atom. The second-order valence-corrected chi connectivity index (χ2v) is 3.15. The number of rotatable bonds is 0. The van der Waals surface area contributed by atoms with E-state index in [0.29, 0.717) is 0 Å². The zero-order valence-corrected chi connectivity index (χ0v) is 6.37. The van der Waals surface area contributed by atoms with Crippen molar-refractivity contribution in [3.05, 3.63) is 0 Å². The van der Waals surface area contributed by atoms with Crippen LogP contribution in [0.2, 0.25) is 0 Å². The van der Waals surface area contributed by atoms with Gasteiger partial charge in [-0.3, -0.25) is 4.70 Å². The quantitative estimate of drug-likeness (QED) is 0.352. The van der Waals surface area contributed by atoms with Gasteiger partial charge in [-0.1, -0.05) is 0 Å². The zero-order chi connectivity index (χ0) is 9.09. The minimum Gasteiger partial charge on any atom is -0.387 e. The van der Waals surface area contributed by atoms with Crippen molar-refractivity contribution in [2.75, 3.05) is 0 Å². The van der Waals surface area contributed by atoms with Crippen LogP contribution in [-0.2, 0) is 4.74 Å². The van der Waals surface area contributed by atoms with E-state index in [-0.39, 0.29) is 4.70 Å². The van der Waals surface area contributed by atoms with Gasteiger partial charge in [-0.25, -0.2) is 4.39 Å². The Balaban J connectivity index is 0.000000845. The lowest BCUT2D eigenvalue weighted by Gasteiger charge is -2.30. The number of hydrogen-bond donors (Lipinski definition) is 4. The molecule has 0 aromatic carbocycles. The zero-order valence-electron chi connectivity index (χ0n) is 6.37. The summed E-state index contributed by atoms with van der Waals surface area (Å²) in [5.74, 6) is -2.72. The van der Waals surface area contributed by atoms with Gasteiger partial charge in [0.15, 0.2) is 0 Å². The summed E-state index contributed by atoms with van der Waals surface area (Å²) < 4.78 is 17.8. The first-order chi connectivity index (χ1) is 5.48. The minimum atomic E-state index is -2.72. The van der Waals surface area contributed by atoms with E-state index < -0.39 is 36.4 Å². The van der Waals surface area contributed by atoms with Crippen LogP contribution in [0, 0.1) is 0 Å². The van der Waals surface area contributed by atoms with E-state index in [1.54, 1.807) is 0 Å². The average molecular weight is 200 g/mol. The highest BCUT2D eigenvalue weighted by Crippen LogP contribution is 2.45. The van der Waals surface area contributed by atoms with Crippen LogP contribution in [-0.4, -0.2) is 56.8 Å². The van der Waals surface area contributed by atoms with Crippen molar-refractivity contribution in [1.29, 1.82) is 0 Å². The molecule has 2 aliphatic rings. The normalized spacial score (nSPS) is 59.3. The highest BCUT2D eigenvalue weighted by molar-refractivity contribution is 5.11. The first kappa shape index (κ1) is 10.7. The molecule has 0 saturated carbocycles. The van der Waals surface area contributed by atoms with Gasteiger partial charge in [0.25, 0.3) is 5.85 Å². The Hall–Kier alpha value is -0.340. The van der Waals surface area contributed by atoms with Crippen molar-refractivity contribution in [2.24, 2.45) is 0 Å². The fraction of sp³-hybridized carbons (Fsp3) is 1.00. The molecular formula is C6H10F2O5. The third-order valence-electron chi connectivity index (χ3n) is 2.44. The van der Waals surface area contributed by atoms with Crippen molar-refractivity contribution in [3.63, 3.8) is 0 Å². The fourth-order valence-corrected chi connectivity index (χ4v) is 1.69. The summed E-state index contributed by atoms with van der Waals surface area (Å²) in [5, 5.41) is 36.1. The van der Waals surface area contributed by atoms with E-state index in [0.717, 1.165) is 0 Å². The lowest BCUT2D eigenvalue weighted by molar-refractivity contribution is -0.200.